The van der Waals surface area contributed by atoms with Gasteiger partial charge in [-0.1, -0.05) is 65.7 Å². The second kappa shape index (κ2) is 14.0. The third-order valence-corrected chi connectivity index (χ3v) is 9.09. The Hall–Kier alpha value is -4.32. The molecule has 10 nitrogen and oxygen atoms in total. The van der Waals surface area contributed by atoms with Crippen LogP contribution >= 0.6 is 23.2 Å². The van der Waals surface area contributed by atoms with Gasteiger partial charge >= 0.3 is 12.1 Å². The number of halogens is 2. The molecule has 0 radical (unpaired) electrons. The molecule has 1 atom stereocenters. The lowest BCUT2D eigenvalue weighted by molar-refractivity contribution is -0.137. The Morgan fingerprint density at radius 3 is 2.02 bits per heavy atom. The van der Waals surface area contributed by atoms with E-state index in [0.29, 0.717) is 16.3 Å². The molecule has 0 saturated heterocycles. The standard InChI is InChI=1S/C33H33Cl2N3O7S/c1-20(31(40)41)38(46(43,44)27-16-24(34)15-25(35)17-27)26-12-13-28-23(14-26)6-5-7-29(28)30(39)36-18-21-8-10-22(11-9-21)19-37-32(42)45-33(2,3)4/h5-17,20H,18-19H2,1-4H3,(H,36,39)(H,37,42)(H,40,41). The van der Waals surface area contributed by atoms with Crippen molar-refractivity contribution in [1.29, 1.82) is 0 Å². The summed E-state index contributed by atoms with van der Waals surface area (Å²) in [6.07, 6.45) is -0.511. The van der Waals surface area contributed by atoms with Gasteiger partial charge in [-0.15, -0.1) is 0 Å². The Bertz CT molecular complexity index is 1870. The van der Waals surface area contributed by atoms with Crippen molar-refractivity contribution < 1.29 is 32.6 Å². The average Bonchev–Trinajstić information content (AvgIpc) is 2.97. The minimum Gasteiger partial charge on any atom is -0.480 e. The third kappa shape index (κ3) is 8.48. The van der Waals surface area contributed by atoms with E-state index in [1.807, 2.05) is 24.3 Å². The van der Waals surface area contributed by atoms with Crippen molar-refractivity contribution in [3.63, 3.8) is 0 Å². The topological polar surface area (TPSA) is 142 Å². The monoisotopic (exact) mass is 685 g/mol. The summed E-state index contributed by atoms with van der Waals surface area (Å²) in [4.78, 5) is 36.9. The zero-order valence-electron chi connectivity index (χ0n) is 25.5. The zero-order valence-corrected chi connectivity index (χ0v) is 27.8. The highest BCUT2D eigenvalue weighted by molar-refractivity contribution is 7.93. The number of ether oxygens (including phenoxy) is 1. The number of aliphatic carboxylic acids is 1. The van der Waals surface area contributed by atoms with Gasteiger partial charge in [-0.05, 0) is 86.0 Å². The molecule has 0 aliphatic rings. The molecule has 0 fully saturated rings. The highest BCUT2D eigenvalue weighted by atomic mass is 35.5. The normalized spacial score (nSPS) is 12.3. The summed E-state index contributed by atoms with van der Waals surface area (Å²) in [5.74, 6) is -1.72. The number of amides is 2. The maximum absolute atomic E-state index is 13.7. The van der Waals surface area contributed by atoms with Crippen LogP contribution in [0.1, 0.15) is 49.2 Å². The van der Waals surface area contributed by atoms with Gasteiger partial charge in [0.1, 0.15) is 11.6 Å². The molecule has 0 heterocycles. The number of carboxylic acid groups (broad SMARTS) is 1. The van der Waals surface area contributed by atoms with Crippen molar-refractivity contribution in [2.45, 2.75) is 57.3 Å². The highest BCUT2D eigenvalue weighted by Crippen LogP contribution is 2.32. The summed E-state index contributed by atoms with van der Waals surface area (Å²) in [5, 5.41) is 16.6. The number of sulfonamides is 1. The van der Waals surface area contributed by atoms with Crippen LogP contribution < -0.4 is 14.9 Å². The van der Waals surface area contributed by atoms with Crippen LogP contribution in [0.5, 0.6) is 0 Å². The molecule has 46 heavy (non-hydrogen) atoms. The van der Waals surface area contributed by atoms with E-state index in [2.05, 4.69) is 10.6 Å². The first kappa shape index (κ1) is 34.6. The Labute approximate surface area is 277 Å². The summed E-state index contributed by atoms with van der Waals surface area (Å²) in [5.41, 5.74) is 1.53. The van der Waals surface area contributed by atoms with Gasteiger partial charge in [-0.25, -0.2) is 18.0 Å². The van der Waals surface area contributed by atoms with Gasteiger partial charge in [0.15, 0.2) is 0 Å². The molecule has 0 aliphatic carbocycles. The summed E-state index contributed by atoms with van der Waals surface area (Å²) in [6, 6.07) is 19.2. The van der Waals surface area contributed by atoms with Crippen molar-refractivity contribution in [2.75, 3.05) is 4.31 Å². The second-order valence-electron chi connectivity index (χ2n) is 11.5. The molecular formula is C33H33Cl2N3O7S. The summed E-state index contributed by atoms with van der Waals surface area (Å²) < 4.78 is 33.4. The van der Waals surface area contributed by atoms with Crippen molar-refractivity contribution in [3.05, 3.63) is 106 Å². The zero-order chi connectivity index (χ0) is 33.8. The molecule has 0 aliphatic heterocycles. The molecular weight excluding hydrogens is 653 g/mol. The SMILES string of the molecule is CC(C(=O)O)N(c1ccc2c(C(=O)NCc3ccc(CNC(=O)OC(C)(C)C)cc3)cccc2c1)S(=O)(=O)c1cc(Cl)cc(Cl)c1. The molecule has 4 aromatic carbocycles. The Balaban J connectivity index is 1.53. The first-order valence-electron chi connectivity index (χ1n) is 14.1. The number of hydrogen-bond donors (Lipinski definition) is 3. The number of nitrogens with one attached hydrogen (secondary N) is 2. The lowest BCUT2D eigenvalue weighted by Gasteiger charge is -2.28. The van der Waals surface area contributed by atoms with Crippen molar-refractivity contribution in [1.82, 2.24) is 10.6 Å². The van der Waals surface area contributed by atoms with E-state index in [1.54, 1.807) is 45.0 Å². The van der Waals surface area contributed by atoms with Crippen molar-refractivity contribution in [3.8, 4) is 0 Å². The van der Waals surface area contributed by atoms with Gasteiger partial charge in [0, 0.05) is 28.7 Å². The van der Waals surface area contributed by atoms with E-state index < -0.39 is 33.7 Å². The second-order valence-corrected chi connectivity index (χ2v) is 14.2. The van der Waals surface area contributed by atoms with Gasteiger partial charge in [0.25, 0.3) is 15.9 Å². The molecule has 3 N–H and O–H groups in total. The van der Waals surface area contributed by atoms with E-state index >= 15 is 0 Å². The van der Waals surface area contributed by atoms with E-state index in [4.69, 9.17) is 27.9 Å². The Kier molecular flexibility index (Phi) is 10.5. The number of anilines is 1. The van der Waals surface area contributed by atoms with Crippen LogP contribution in [0.3, 0.4) is 0 Å². The molecule has 242 valence electrons. The molecule has 4 aromatic rings. The van der Waals surface area contributed by atoms with Crippen LogP contribution in [0, 0.1) is 0 Å². The smallest absolute Gasteiger partial charge is 0.407 e. The number of carbonyl (C=O) groups is 3. The quantitative estimate of drug-likeness (QED) is 0.167. The minimum absolute atomic E-state index is 0.0781. The van der Waals surface area contributed by atoms with Gasteiger partial charge in [-0.3, -0.25) is 9.10 Å². The van der Waals surface area contributed by atoms with Crippen LogP contribution in [-0.2, 0) is 32.6 Å². The number of fused-ring (bicyclic) bond motifs is 1. The average molecular weight is 687 g/mol. The Morgan fingerprint density at radius 1 is 0.870 bits per heavy atom. The predicted octanol–water partition coefficient (Wildman–Crippen LogP) is 6.77. The highest BCUT2D eigenvalue weighted by Gasteiger charge is 2.34. The third-order valence-electron chi connectivity index (χ3n) is 6.78. The molecule has 13 heteroatoms. The molecule has 0 aromatic heterocycles. The number of nitrogens with zero attached hydrogens (tertiary/aromatic N) is 1. The number of carboxylic acids is 1. The van der Waals surface area contributed by atoms with Gasteiger partial charge in [0.05, 0.1) is 10.6 Å². The van der Waals surface area contributed by atoms with Gasteiger partial charge in [0.2, 0.25) is 0 Å². The minimum atomic E-state index is -4.42. The van der Waals surface area contributed by atoms with Crippen molar-refractivity contribution in [2.24, 2.45) is 0 Å². The van der Waals surface area contributed by atoms with Crippen LogP contribution in [-0.4, -0.2) is 43.1 Å². The van der Waals surface area contributed by atoms with Gasteiger partial charge in [-0.2, -0.15) is 0 Å². The molecule has 1 unspecified atom stereocenters. The van der Waals surface area contributed by atoms with Crippen LogP contribution in [0.25, 0.3) is 10.8 Å². The first-order chi connectivity index (χ1) is 21.5. The largest absolute Gasteiger partial charge is 0.480 e. The maximum Gasteiger partial charge on any atom is 0.407 e. The fraction of sp³-hybridized carbons (Fsp3) is 0.242. The van der Waals surface area contributed by atoms with Crippen LogP contribution in [0.15, 0.2) is 83.8 Å². The summed E-state index contributed by atoms with van der Waals surface area (Å²) >= 11 is 12.1. The number of benzene rings is 4. The summed E-state index contributed by atoms with van der Waals surface area (Å²) in [7, 11) is -4.42. The fourth-order valence-electron chi connectivity index (χ4n) is 4.61. The van der Waals surface area contributed by atoms with E-state index in [9.17, 15) is 27.9 Å². The number of alkyl carbamates (subject to hydrolysis) is 1. The molecule has 0 bridgehead atoms. The lowest BCUT2D eigenvalue weighted by Crippen LogP contribution is -2.43. The van der Waals surface area contributed by atoms with Crippen LogP contribution in [0.2, 0.25) is 10.0 Å². The number of rotatable bonds is 10. The number of hydrogen-bond acceptors (Lipinski definition) is 6. The molecule has 2 amide bonds. The maximum atomic E-state index is 13.7. The van der Waals surface area contributed by atoms with E-state index in [0.717, 1.165) is 15.4 Å². The lowest BCUT2D eigenvalue weighted by atomic mass is 10.0. The van der Waals surface area contributed by atoms with E-state index in [1.165, 1.54) is 37.3 Å². The van der Waals surface area contributed by atoms with Crippen LogP contribution in [0.4, 0.5) is 10.5 Å². The molecule has 0 saturated carbocycles. The fourth-order valence-corrected chi connectivity index (χ4v) is 6.94. The number of carbonyl (C=O) groups excluding carboxylic acids is 2. The summed E-state index contributed by atoms with van der Waals surface area (Å²) in [6.45, 7) is 7.14. The predicted molar refractivity (Wildman–Crippen MR) is 178 cm³/mol. The first-order valence-corrected chi connectivity index (χ1v) is 16.3. The molecule has 4 rings (SSSR count). The van der Waals surface area contributed by atoms with E-state index in [-0.39, 0.29) is 39.6 Å². The van der Waals surface area contributed by atoms with Gasteiger partial charge < -0.3 is 20.5 Å². The Morgan fingerprint density at radius 2 is 1.46 bits per heavy atom. The van der Waals surface area contributed by atoms with Crippen molar-refractivity contribution >= 4 is 67.7 Å². The molecule has 0 spiro atoms.